The number of carboxylic acid groups (broad SMARTS) is 1. The number of carbonyl (C=O) groups excluding carboxylic acids is 1. The summed E-state index contributed by atoms with van der Waals surface area (Å²) in [5.74, 6) is -1.47. The minimum absolute atomic E-state index is 0.0227. The molecule has 1 saturated heterocycles. The van der Waals surface area contributed by atoms with Gasteiger partial charge in [0.05, 0.1) is 0 Å². The second kappa shape index (κ2) is 5.94. The average Bonchev–Trinajstić information content (AvgIpc) is 2.33. The van der Waals surface area contributed by atoms with E-state index in [0.29, 0.717) is 0 Å². The Labute approximate surface area is 107 Å². The van der Waals surface area contributed by atoms with Gasteiger partial charge in [-0.25, -0.2) is 9.59 Å². The number of nitrogens with zero attached hydrogens (tertiary/aromatic N) is 1. The van der Waals surface area contributed by atoms with Crippen LogP contribution in [-0.4, -0.2) is 46.9 Å². The standard InChI is InChI=1S/C11H14F3NO4/c1-2-6-19-10(18)15-7(9(16)17)4-3-5-8(15)11(12,13)14/h2,7-8H,1,3-6H2,(H,16,17)/t7-,8+/m1/s1. The summed E-state index contributed by atoms with van der Waals surface area (Å²) in [6.45, 7) is 2.99. The number of piperidine rings is 1. The van der Waals surface area contributed by atoms with E-state index in [1.54, 1.807) is 0 Å². The Balaban J connectivity index is 2.99. The lowest BCUT2D eigenvalue weighted by Crippen LogP contribution is -2.58. The molecule has 8 heteroatoms. The molecule has 0 spiro atoms. The predicted octanol–water partition coefficient (Wildman–Crippen LogP) is 2.18. The van der Waals surface area contributed by atoms with Crippen molar-refractivity contribution in [1.29, 1.82) is 0 Å². The molecule has 108 valence electrons. The summed E-state index contributed by atoms with van der Waals surface area (Å²) in [6.07, 6.45) is -5.02. The predicted molar refractivity (Wildman–Crippen MR) is 58.5 cm³/mol. The molecule has 0 radical (unpaired) electrons. The molecule has 0 bridgehead atoms. The third-order valence-corrected chi connectivity index (χ3v) is 2.83. The van der Waals surface area contributed by atoms with Gasteiger partial charge in [0.2, 0.25) is 0 Å². The minimum Gasteiger partial charge on any atom is -0.480 e. The molecule has 0 unspecified atom stereocenters. The van der Waals surface area contributed by atoms with Crippen molar-refractivity contribution in [2.24, 2.45) is 0 Å². The Morgan fingerprint density at radius 1 is 1.42 bits per heavy atom. The number of hydrogen-bond acceptors (Lipinski definition) is 3. The van der Waals surface area contributed by atoms with Crippen LogP contribution in [-0.2, 0) is 9.53 Å². The lowest BCUT2D eigenvalue weighted by molar-refractivity contribution is -0.195. The maximum absolute atomic E-state index is 12.8. The fraction of sp³-hybridized carbons (Fsp3) is 0.636. The largest absolute Gasteiger partial charge is 0.480 e. The van der Waals surface area contributed by atoms with Crippen LogP contribution in [0.15, 0.2) is 12.7 Å². The van der Waals surface area contributed by atoms with Crippen molar-refractivity contribution in [2.45, 2.75) is 37.5 Å². The van der Waals surface area contributed by atoms with E-state index in [0.717, 1.165) is 0 Å². The summed E-state index contributed by atoms with van der Waals surface area (Å²) in [5, 5.41) is 8.93. The topological polar surface area (TPSA) is 66.8 Å². The summed E-state index contributed by atoms with van der Waals surface area (Å²) in [5.41, 5.74) is 0. The van der Waals surface area contributed by atoms with Crippen molar-refractivity contribution in [2.75, 3.05) is 6.61 Å². The van der Waals surface area contributed by atoms with Gasteiger partial charge >= 0.3 is 18.2 Å². The van der Waals surface area contributed by atoms with Crippen LogP contribution in [0.25, 0.3) is 0 Å². The molecule has 2 atom stereocenters. The van der Waals surface area contributed by atoms with Crippen molar-refractivity contribution in [3.05, 3.63) is 12.7 Å². The first-order valence-electron chi connectivity index (χ1n) is 5.64. The summed E-state index contributed by atoms with van der Waals surface area (Å²) < 4.78 is 43.1. The molecule has 0 aliphatic carbocycles. The molecular formula is C11H14F3NO4. The van der Waals surface area contributed by atoms with E-state index < -0.39 is 30.3 Å². The van der Waals surface area contributed by atoms with Crippen LogP contribution >= 0.6 is 0 Å². The third kappa shape index (κ3) is 3.62. The Bertz CT molecular complexity index is 369. The van der Waals surface area contributed by atoms with E-state index in [1.807, 2.05) is 0 Å². The number of carbonyl (C=O) groups is 2. The normalized spacial score (nSPS) is 23.8. The SMILES string of the molecule is C=CCOC(=O)N1[C@@H](C(=O)O)CCC[C@H]1C(F)(F)F. The van der Waals surface area contributed by atoms with Gasteiger partial charge in [0.25, 0.3) is 0 Å². The first-order chi connectivity index (χ1) is 8.79. The van der Waals surface area contributed by atoms with Crippen molar-refractivity contribution < 1.29 is 32.6 Å². The van der Waals surface area contributed by atoms with Gasteiger partial charge in [-0.05, 0) is 19.3 Å². The van der Waals surface area contributed by atoms with Crippen LogP contribution < -0.4 is 0 Å². The Kier molecular flexibility index (Phi) is 4.79. The quantitative estimate of drug-likeness (QED) is 0.805. The smallest absolute Gasteiger partial charge is 0.411 e. The van der Waals surface area contributed by atoms with Crippen LogP contribution in [0.2, 0.25) is 0 Å². The lowest BCUT2D eigenvalue weighted by Gasteiger charge is -2.39. The summed E-state index contributed by atoms with van der Waals surface area (Å²) in [7, 11) is 0. The van der Waals surface area contributed by atoms with Crippen LogP contribution in [0, 0.1) is 0 Å². The molecule has 1 N–H and O–H groups in total. The highest BCUT2D eigenvalue weighted by molar-refractivity contribution is 5.80. The molecule has 0 aromatic heterocycles. The van der Waals surface area contributed by atoms with Gasteiger partial charge < -0.3 is 9.84 Å². The van der Waals surface area contributed by atoms with E-state index in [4.69, 9.17) is 5.11 Å². The fourth-order valence-electron chi connectivity index (χ4n) is 2.02. The van der Waals surface area contributed by atoms with E-state index >= 15 is 0 Å². The first-order valence-corrected chi connectivity index (χ1v) is 5.64. The highest BCUT2D eigenvalue weighted by atomic mass is 19.4. The van der Waals surface area contributed by atoms with E-state index in [9.17, 15) is 22.8 Å². The summed E-state index contributed by atoms with van der Waals surface area (Å²) >= 11 is 0. The first kappa shape index (κ1) is 15.3. The molecule has 0 aromatic rings. The second-order valence-electron chi connectivity index (χ2n) is 4.12. The number of alkyl halides is 3. The molecule has 0 aromatic carbocycles. The molecular weight excluding hydrogens is 267 g/mol. The van der Waals surface area contributed by atoms with Gasteiger partial charge in [-0.2, -0.15) is 13.2 Å². The van der Waals surface area contributed by atoms with Crippen molar-refractivity contribution in [3.63, 3.8) is 0 Å². The zero-order valence-electron chi connectivity index (χ0n) is 10.0. The van der Waals surface area contributed by atoms with Crippen molar-refractivity contribution >= 4 is 12.1 Å². The average molecular weight is 281 g/mol. The molecule has 1 aliphatic rings. The number of aliphatic carboxylic acids is 1. The number of halogens is 3. The highest BCUT2D eigenvalue weighted by Gasteiger charge is 2.51. The maximum atomic E-state index is 12.8. The zero-order valence-corrected chi connectivity index (χ0v) is 10.0. The number of carboxylic acids is 1. The molecule has 1 amide bonds. The van der Waals surface area contributed by atoms with E-state index in [2.05, 4.69) is 11.3 Å². The van der Waals surface area contributed by atoms with Crippen LogP contribution in [0.3, 0.4) is 0 Å². The summed E-state index contributed by atoms with van der Waals surface area (Å²) in [6, 6.07) is -3.64. The van der Waals surface area contributed by atoms with Gasteiger partial charge in [-0.1, -0.05) is 12.7 Å². The Hall–Kier alpha value is -1.73. The van der Waals surface area contributed by atoms with Gasteiger partial charge in [0.1, 0.15) is 18.7 Å². The molecule has 5 nitrogen and oxygen atoms in total. The second-order valence-corrected chi connectivity index (χ2v) is 4.12. The number of ether oxygens (including phenoxy) is 1. The van der Waals surface area contributed by atoms with E-state index in [-0.39, 0.29) is 30.8 Å². The van der Waals surface area contributed by atoms with Crippen LogP contribution in [0.1, 0.15) is 19.3 Å². The summed E-state index contributed by atoms with van der Waals surface area (Å²) in [4.78, 5) is 22.9. The Morgan fingerprint density at radius 2 is 2.05 bits per heavy atom. The van der Waals surface area contributed by atoms with Crippen molar-refractivity contribution in [1.82, 2.24) is 4.90 Å². The van der Waals surface area contributed by atoms with Crippen LogP contribution in [0.4, 0.5) is 18.0 Å². The molecule has 1 heterocycles. The lowest BCUT2D eigenvalue weighted by atomic mass is 9.95. The van der Waals surface area contributed by atoms with Gasteiger partial charge in [0.15, 0.2) is 0 Å². The van der Waals surface area contributed by atoms with Gasteiger partial charge in [0, 0.05) is 0 Å². The van der Waals surface area contributed by atoms with Gasteiger partial charge in [-0.15, -0.1) is 0 Å². The molecule has 0 saturated carbocycles. The number of hydrogen-bond donors (Lipinski definition) is 1. The molecule has 19 heavy (non-hydrogen) atoms. The zero-order chi connectivity index (χ0) is 14.6. The maximum Gasteiger partial charge on any atom is 0.411 e. The third-order valence-electron chi connectivity index (χ3n) is 2.83. The number of amides is 1. The highest BCUT2D eigenvalue weighted by Crippen LogP contribution is 2.35. The molecule has 1 aliphatic heterocycles. The van der Waals surface area contributed by atoms with Crippen LogP contribution in [0.5, 0.6) is 0 Å². The number of rotatable bonds is 3. The van der Waals surface area contributed by atoms with Gasteiger partial charge in [-0.3, -0.25) is 4.90 Å². The fourth-order valence-corrected chi connectivity index (χ4v) is 2.02. The van der Waals surface area contributed by atoms with E-state index in [1.165, 1.54) is 6.08 Å². The molecule has 1 fully saturated rings. The minimum atomic E-state index is -4.68. The monoisotopic (exact) mass is 281 g/mol. The Morgan fingerprint density at radius 3 is 2.53 bits per heavy atom. The molecule has 1 rings (SSSR count). The number of likely N-dealkylation sites (tertiary alicyclic amines) is 1. The van der Waals surface area contributed by atoms with Crippen molar-refractivity contribution in [3.8, 4) is 0 Å².